The second-order valence-corrected chi connectivity index (χ2v) is 10.8. The third-order valence-electron chi connectivity index (χ3n) is 7.48. The number of rotatable bonds is 16. The summed E-state index contributed by atoms with van der Waals surface area (Å²) in [4.78, 5) is 42.9. The standard InChI is InChI=1S/C35H42N2O11/c1-4-42-21-31(38)46-23-47-33-29(41-3)15-16-36-32(33)34(39)37-28-19-43-20-30(45-22-44-18-26-13-9-6-10-14-26)27(24(2)48-35(28)40)17-25-11-7-5-8-12-25/h5-16,24,27-28,30H,4,17-23H2,1-3H3,(H,37,39)/t24-,27-,28-,30-/m0/s1. The predicted octanol–water partition coefficient (Wildman–Crippen LogP) is 3.48. The number of carbonyl (C=O) groups is 3. The van der Waals surface area contributed by atoms with E-state index in [9.17, 15) is 14.4 Å². The van der Waals surface area contributed by atoms with Gasteiger partial charge in [0.1, 0.15) is 19.5 Å². The van der Waals surface area contributed by atoms with Gasteiger partial charge in [0.2, 0.25) is 6.79 Å². The summed E-state index contributed by atoms with van der Waals surface area (Å²) in [5, 5.41) is 2.64. The highest BCUT2D eigenvalue weighted by molar-refractivity contribution is 5.98. The fourth-order valence-corrected chi connectivity index (χ4v) is 4.97. The van der Waals surface area contributed by atoms with Crippen LogP contribution in [-0.4, -0.2) is 88.2 Å². The summed E-state index contributed by atoms with van der Waals surface area (Å²) < 4.78 is 44.8. The number of esters is 2. The molecule has 0 bridgehead atoms. The number of nitrogens with zero attached hydrogens (tertiary/aromatic N) is 1. The molecule has 1 aromatic heterocycles. The molecule has 4 atom stereocenters. The first-order valence-corrected chi connectivity index (χ1v) is 15.6. The van der Waals surface area contributed by atoms with E-state index < -0.39 is 42.9 Å². The van der Waals surface area contributed by atoms with E-state index in [1.54, 1.807) is 13.8 Å². The Morgan fingerprint density at radius 3 is 2.40 bits per heavy atom. The first kappa shape index (κ1) is 36.3. The highest BCUT2D eigenvalue weighted by Gasteiger charge is 2.36. The van der Waals surface area contributed by atoms with Crippen molar-refractivity contribution in [2.24, 2.45) is 5.92 Å². The molecule has 48 heavy (non-hydrogen) atoms. The topological polar surface area (TPSA) is 150 Å². The lowest BCUT2D eigenvalue weighted by atomic mass is 9.89. The lowest BCUT2D eigenvalue weighted by molar-refractivity contribution is -0.160. The van der Waals surface area contributed by atoms with Gasteiger partial charge in [-0.05, 0) is 31.4 Å². The molecule has 1 fully saturated rings. The Morgan fingerprint density at radius 2 is 1.69 bits per heavy atom. The summed E-state index contributed by atoms with van der Waals surface area (Å²) in [6.45, 7) is 3.38. The molecule has 2 heterocycles. The van der Waals surface area contributed by atoms with E-state index in [2.05, 4.69) is 10.3 Å². The normalized spacial score (nSPS) is 19.6. The van der Waals surface area contributed by atoms with Crippen LogP contribution < -0.4 is 14.8 Å². The fourth-order valence-electron chi connectivity index (χ4n) is 4.97. The van der Waals surface area contributed by atoms with E-state index in [1.165, 1.54) is 19.4 Å². The van der Waals surface area contributed by atoms with Crippen molar-refractivity contribution in [2.45, 2.75) is 45.1 Å². The van der Waals surface area contributed by atoms with Gasteiger partial charge in [-0.15, -0.1) is 0 Å². The number of pyridine rings is 1. The minimum Gasteiger partial charge on any atom is -0.493 e. The van der Waals surface area contributed by atoms with Crippen molar-refractivity contribution in [1.82, 2.24) is 10.3 Å². The Balaban J connectivity index is 1.44. The van der Waals surface area contributed by atoms with Crippen LogP contribution in [0.25, 0.3) is 0 Å². The molecule has 13 nitrogen and oxygen atoms in total. The van der Waals surface area contributed by atoms with Gasteiger partial charge in [-0.3, -0.25) is 4.79 Å². The van der Waals surface area contributed by atoms with E-state index >= 15 is 0 Å². The van der Waals surface area contributed by atoms with E-state index in [1.807, 2.05) is 60.7 Å². The van der Waals surface area contributed by atoms with Gasteiger partial charge >= 0.3 is 11.9 Å². The summed E-state index contributed by atoms with van der Waals surface area (Å²) >= 11 is 0. The number of cyclic esters (lactones) is 1. The molecule has 258 valence electrons. The molecule has 0 saturated carbocycles. The number of aromatic nitrogens is 1. The maximum Gasteiger partial charge on any atom is 0.334 e. The minimum absolute atomic E-state index is 0.000265. The van der Waals surface area contributed by atoms with Crippen LogP contribution in [-0.2, 0) is 51.0 Å². The molecule has 0 aliphatic carbocycles. The van der Waals surface area contributed by atoms with Gasteiger partial charge in [0, 0.05) is 24.8 Å². The number of methoxy groups -OCH3 is 1. The fraction of sp³-hybridized carbons (Fsp3) is 0.429. The number of benzene rings is 2. The lowest BCUT2D eigenvalue weighted by Crippen LogP contribution is -2.46. The van der Waals surface area contributed by atoms with Crippen LogP contribution in [0, 0.1) is 5.92 Å². The van der Waals surface area contributed by atoms with Crippen LogP contribution in [0.1, 0.15) is 35.5 Å². The van der Waals surface area contributed by atoms with Gasteiger partial charge in [0.25, 0.3) is 5.91 Å². The maximum absolute atomic E-state index is 13.5. The summed E-state index contributed by atoms with van der Waals surface area (Å²) in [5.41, 5.74) is 1.85. The van der Waals surface area contributed by atoms with E-state index in [-0.39, 0.29) is 49.7 Å². The van der Waals surface area contributed by atoms with Crippen LogP contribution in [0.15, 0.2) is 72.9 Å². The average Bonchev–Trinajstić information content (AvgIpc) is 3.15. The number of hydrogen-bond donors (Lipinski definition) is 1. The Labute approximate surface area is 279 Å². The molecule has 1 saturated heterocycles. The lowest BCUT2D eigenvalue weighted by Gasteiger charge is -2.30. The van der Waals surface area contributed by atoms with Gasteiger partial charge in [-0.1, -0.05) is 60.7 Å². The molecule has 1 N–H and O–H groups in total. The largest absolute Gasteiger partial charge is 0.493 e. The first-order chi connectivity index (χ1) is 23.4. The maximum atomic E-state index is 13.5. The molecule has 2 aromatic carbocycles. The van der Waals surface area contributed by atoms with Crippen LogP contribution in [0.2, 0.25) is 0 Å². The van der Waals surface area contributed by atoms with Crippen LogP contribution in [0.4, 0.5) is 0 Å². The number of hydrogen-bond acceptors (Lipinski definition) is 12. The summed E-state index contributed by atoms with van der Waals surface area (Å²) in [5.74, 6) is -2.32. The summed E-state index contributed by atoms with van der Waals surface area (Å²) in [7, 11) is 1.38. The number of amides is 1. The van der Waals surface area contributed by atoms with Crippen molar-refractivity contribution in [3.63, 3.8) is 0 Å². The summed E-state index contributed by atoms with van der Waals surface area (Å²) in [6, 6.07) is 19.8. The van der Waals surface area contributed by atoms with Crippen molar-refractivity contribution in [3.05, 3.63) is 89.7 Å². The summed E-state index contributed by atoms with van der Waals surface area (Å²) in [6.07, 6.45) is 0.780. The van der Waals surface area contributed by atoms with E-state index in [0.717, 1.165) is 11.1 Å². The van der Waals surface area contributed by atoms with Crippen LogP contribution in [0.3, 0.4) is 0 Å². The van der Waals surface area contributed by atoms with Crippen molar-refractivity contribution >= 4 is 17.8 Å². The monoisotopic (exact) mass is 666 g/mol. The third-order valence-corrected chi connectivity index (χ3v) is 7.48. The Kier molecular flexibility index (Phi) is 14.6. The number of nitrogens with one attached hydrogen (secondary N) is 1. The van der Waals surface area contributed by atoms with Crippen molar-refractivity contribution in [1.29, 1.82) is 0 Å². The Hall–Kier alpha value is -4.56. The Morgan fingerprint density at radius 1 is 0.958 bits per heavy atom. The molecule has 4 rings (SSSR count). The zero-order valence-corrected chi connectivity index (χ0v) is 27.3. The van der Waals surface area contributed by atoms with Gasteiger partial charge < -0.3 is 43.2 Å². The number of ether oxygens (including phenoxy) is 8. The van der Waals surface area contributed by atoms with Crippen molar-refractivity contribution in [2.75, 3.05) is 47.1 Å². The third kappa shape index (κ3) is 11.0. The smallest absolute Gasteiger partial charge is 0.334 e. The average molecular weight is 667 g/mol. The van der Waals surface area contributed by atoms with Gasteiger partial charge in [0.05, 0.1) is 33.0 Å². The molecule has 3 aromatic rings. The second-order valence-electron chi connectivity index (χ2n) is 10.8. The highest BCUT2D eigenvalue weighted by Crippen LogP contribution is 2.30. The van der Waals surface area contributed by atoms with Crippen LogP contribution >= 0.6 is 0 Å². The molecular weight excluding hydrogens is 624 g/mol. The van der Waals surface area contributed by atoms with Crippen molar-refractivity contribution in [3.8, 4) is 11.5 Å². The van der Waals surface area contributed by atoms with Gasteiger partial charge in [-0.2, -0.15) is 0 Å². The van der Waals surface area contributed by atoms with Crippen LogP contribution in [0.5, 0.6) is 11.5 Å². The molecular formula is C35H42N2O11. The van der Waals surface area contributed by atoms with Gasteiger partial charge in [-0.25, -0.2) is 14.6 Å². The van der Waals surface area contributed by atoms with Crippen molar-refractivity contribution < 1.29 is 52.3 Å². The Bertz CT molecular complexity index is 1440. The number of carbonyl (C=O) groups excluding carboxylic acids is 3. The second kappa shape index (κ2) is 19.3. The molecule has 13 heteroatoms. The molecule has 1 aliphatic rings. The first-order valence-electron chi connectivity index (χ1n) is 15.6. The molecule has 1 aliphatic heterocycles. The molecule has 0 radical (unpaired) electrons. The SMILES string of the molecule is CCOCC(=O)OCOc1c(OC)ccnc1C(=O)N[C@H]1COC[C@H](OCOCc2ccccc2)[C@@H](Cc2ccccc2)[C@H](C)OC1=O. The quantitative estimate of drug-likeness (QED) is 0.135. The van der Waals surface area contributed by atoms with Gasteiger partial charge in [0.15, 0.2) is 23.2 Å². The molecule has 0 unspecified atom stereocenters. The predicted molar refractivity (Wildman–Crippen MR) is 171 cm³/mol. The highest BCUT2D eigenvalue weighted by atomic mass is 16.7. The molecule has 1 amide bonds. The minimum atomic E-state index is -1.18. The van der Waals surface area contributed by atoms with E-state index in [0.29, 0.717) is 19.6 Å². The zero-order chi connectivity index (χ0) is 34.1. The molecule has 0 spiro atoms. The zero-order valence-electron chi connectivity index (χ0n) is 27.3. The van der Waals surface area contributed by atoms with E-state index in [4.69, 9.17) is 37.9 Å².